The van der Waals surface area contributed by atoms with Crippen LogP contribution in [-0.4, -0.2) is 17.7 Å². The van der Waals surface area contributed by atoms with Crippen LogP contribution in [0.1, 0.15) is 0 Å². The van der Waals surface area contributed by atoms with E-state index >= 15 is 0 Å². The summed E-state index contributed by atoms with van der Waals surface area (Å²) in [5.41, 5.74) is 0. The van der Waals surface area contributed by atoms with Crippen LogP contribution in [0.25, 0.3) is 0 Å². The van der Waals surface area contributed by atoms with Crippen molar-refractivity contribution in [1.82, 2.24) is 0 Å². The summed E-state index contributed by atoms with van der Waals surface area (Å²) in [5.74, 6) is -1.04. The zero-order valence-electron chi connectivity index (χ0n) is 4.99. The maximum atomic E-state index is 12.2. The molecule has 42 valence electrons. The molecule has 0 aliphatic rings. The molecular weight excluding hydrogens is 117 g/mol. The van der Waals surface area contributed by atoms with Gasteiger partial charge in [-0.3, -0.25) is 0 Å². The normalized spacial score (nSPS) is 9.78. The van der Waals surface area contributed by atoms with Crippen LogP contribution in [0.4, 0.5) is 8.78 Å². The fourth-order valence-corrected chi connectivity index (χ4v) is 0.692. The Labute approximate surface area is 61.1 Å². The maximum absolute atomic E-state index is 12.2. The van der Waals surface area contributed by atoms with E-state index in [4.69, 9.17) is 0 Å². The van der Waals surface area contributed by atoms with Gasteiger partial charge in [0.1, 0.15) is 0 Å². The van der Waals surface area contributed by atoms with E-state index < -0.39 is 11.6 Å². The standard InChI is InChI=1S/C6H3F2.Li/c7-5-2-1-3-6(8)4-5;/h2-4H;. The summed E-state index contributed by atoms with van der Waals surface area (Å²) >= 11 is 1.64. The molecule has 3 heteroatoms. The van der Waals surface area contributed by atoms with E-state index in [9.17, 15) is 8.78 Å². The fourth-order valence-electron chi connectivity index (χ4n) is 0.692. The van der Waals surface area contributed by atoms with Gasteiger partial charge in [-0.15, -0.1) is 0 Å². The minimum atomic E-state index is -0.521. The van der Waals surface area contributed by atoms with E-state index in [2.05, 4.69) is 0 Å². The Bertz CT molecular complexity index is 172. The number of benzene rings is 1. The molecule has 0 aliphatic heterocycles. The van der Waals surface area contributed by atoms with E-state index in [1.165, 1.54) is 12.1 Å². The molecule has 1 aromatic rings. The van der Waals surface area contributed by atoms with Crippen LogP contribution in [0.5, 0.6) is 0 Å². The molecule has 0 aliphatic carbocycles. The molecule has 0 atom stereocenters. The van der Waals surface area contributed by atoms with Crippen molar-refractivity contribution in [3.8, 4) is 0 Å². The predicted molar refractivity (Wildman–Crippen MR) is 31.7 cm³/mol. The molecule has 0 saturated heterocycles. The van der Waals surface area contributed by atoms with Gasteiger partial charge in [0.15, 0.2) is 0 Å². The predicted octanol–water partition coefficient (Wildman–Crippen LogP) is 0.759. The first-order valence-corrected chi connectivity index (χ1v) is 2.61. The molecule has 9 heavy (non-hydrogen) atoms. The summed E-state index contributed by atoms with van der Waals surface area (Å²) in [4.78, 5) is 0. The van der Waals surface area contributed by atoms with Gasteiger partial charge in [-0.25, -0.2) is 0 Å². The Morgan fingerprint density at radius 2 is 1.44 bits per heavy atom. The van der Waals surface area contributed by atoms with Crippen molar-refractivity contribution in [3.05, 3.63) is 29.8 Å². The second kappa shape index (κ2) is 2.51. The molecule has 1 aromatic carbocycles. The van der Waals surface area contributed by atoms with E-state index in [0.717, 1.165) is 6.07 Å². The van der Waals surface area contributed by atoms with Crippen molar-refractivity contribution < 1.29 is 8.78 Å². The number of hydrogen-bond acceptors (Lipinski definition) is 0. The Balaban J connectivity index is 3.17. The number of rotatable bonds is 0. The molecule has 0 amide bonds. The Morgan fingerprint density at radius 3 is 1.78 bits per heavy atom. The molecular formula is C6H3F2Li. The average molecular weight is 120 g/mol. The molecule has 1 rings (SSSR count). The van der Waals surface area contributed by atoms with E-state index in [1.54, 1.807) is 17.7 Å². The summed E-state index contributed by atoms with van der Waals surface area (Å²) in [6.45, 7) is 0. The van der Waals surface area contributed by atoms with Gasteiger partial charge in [-0.05, 0) is 0 Å². The molecule has 0 N–H and O–H groups in total. The number of hydrogen-bond donors (Lipinski definition) is 0. The van der Waals surface area contributed by atoms with E-state index in [0.29, 0.717) is 4.24 Å². The van der Waals surface area contributed by atoms with Crippen LogP contribution in [0.15, 0.2) is 18.2 Å². The van der Waals surface area contributed by atoms with Crippen LogP contribution in [0.3, 0.4) is 0 Å². The van der Waals surface area contributed by atoms with Gasteiger partial charge in [-0.2, -0.15) is 0 Å². The van der Waals surface area contributed by atoms with E-state index in [-0.39, 0.29) is 0 Å². The Kier molecular flexibility index (Phi) is 1.89. The van der Waals surface area contributed by atoms with Crippen molar-refractivity contribution in [2.45, 2.75) is 0 Å². The molecule has 0 radical (unpaired) electrons. The van der Waals surface area contributed by atoms with Crippen molar-refractivity contribution in [2.24, 2.45) is 0 Å². The van der Waals surface area contributed by atoms with Gasteiger partial charge in [-0.1, -0.05) is 0 Å². The summed E-state index contributed by atoms with van der Waals surface area (Å²) in [6, 6.07) is 3.42. The third-order valence-corrected chi connectivity index (χ3v) is 1.01. The van der Waals surface area contributed by atoms with Gasteiger partial charge < -0.3 is 0 Å². The second-order valence-corrected chi connectivity index (χ2v) is 1.95. The van der Waals surface area contributed by atoms with Crippen LogP contribution in [-0.2, 0) is 0 Å². The molecule has 0 spiro atoms. The van der Waals surface area contributed by atoms with E-state index in [1.807, 2.05) is 0 Å². The Morgan fingerprint density at radius 1 is 1.00 bits per heavy atom. The Hall–Kier alpha value is -0.323. The van der Waals surface area contributed by atoms with Gasteiger partial charge >= 0.3 is 60.6 Å². The quantitative estimate of drug-likeness (QED) is 0.443. The molecule has 0 heterocycles. The molecule has 0 saturated carbocycles. The summed E-state index contributed by atoms with van der Waals surface area (Å²) in [7, 11) is 0. The van der Waals surface area contributed by atoms with Crippen LogP contribution in [0.2, 0.25) is 0 Å². The fraction of sp³-hybridized carbons (Fsp3) is 0. The first-order valence-electron chi connectivity index (χ1n) is 2.61. The van der Waals surface area contributed by atoms with Gasteiger partial charge in [0.2, 0.25) is 0 Å². The minimum absolute atomic E-state index is 0.521. The summed E-state index contributed by atoms with van der Waals surface area (Å²) in [6.07, 6.45) is 0. The number of halogens is 2. The summed E-state index contributed by atoms with van der Waals surface area (Å²) < 4.78 is 25.0. The molecule has 0 aromatic heterocycles. The van der Waals surface area contributed by atoms with Gasteiger partial charge in [0.25, 0.3) is 0 Å². The second-order valence-electron chi connectivity index (χ2n) is 1.95. The third kappa shape index (κ3) is 1.81. The summed E-state index contributed by atoms with van der Waals surface area (Å²) in [5, 5.41) is 0. The average Bonchev–Trinajstić information content (AvgIpc) is 1.59. The van der Waals surface area contributed by atoms with Crippen LogP contribution in [0, 0.1) is 11.6 Å². The zero-order valence-corrected chi connectivity index (χ0v) is 4.99. The zero-order chi connectivity index (χ0) is 6.85. The topological polar surface area (TPSA) is 0 Å². The van der Waals surface area contributed by atoms with Crippen LogP contribution < -0.4 is 4.24 Å². The van der Waals surface area contributed by atoms with Crippen molar-refractivity contribution >= 4 is 22.0 Å². The van der Waals surface area contributed by atoms with Crippen molar-refractivity contribution in [3.63, 3.8) is 0 Å². The first-order chi connectivity index (χ1) is 4.18. The first kappa shape index (κ1) is 6.79. The SMILES string of the molecule is [Li][c]1cc(F)cc(F)c1. The van der Waals surface area contributed by atoms with Crippen LogP contribution >= 0.6 is 0 Å². The molecule has 0 unspecified atom stereocenters. The van der Waals surface area contributed by atoms with Gasteiger partial charge in [0, 0.05) is 0 Å². The molecule has 0 fully saturated rings. The monoisotopic (exact) mass is 120 g/mol. The van der Waals surface area contributed by atoms with Crippen molar-refractivity contribution in [1.29, 1.82) is 0 Å². The third-order valence-electron chi connectivity index (χ3n) is 1.01. The molecule has 0 nitrogen and oxygen atoms in total. The van der Waals surface area contributed by atoms with Gasteiger partial charge in [0.05, 0.1) is 0 Å². The van der Waals surface area contributed by atoms with Crippen molar-refractivity contribution in [2.75, 3.05) is 0 Å². The molecule has 0 bridgehead atoms.